The van der Waals surface area contributed by atoms with Gasteiger partial charge in [0.05, 0.1) is 24.4 Å². The molecule has 2 saturated heterocycles. The van der Waals surface area contributed by atoms with Crippen LogP contribution >= 0.6 is 0 Å². The van der Waals surface area contributed by atoms with Crippen LogP contribution in [0.5, 0.6) is 0 Å². The van der Waals surface area contributed by atoms with Crippen molar-refractivity contribution in [2.24, 2.45) is 0 Å². The van der Waals surface area contributed by atoms with Gasteiger partial charge in [0.2, 0.25) is 17.8 Å². The first-order valence-corrected chi connectivity index (χ1v) is 20.7. The van der Waals surface area contributed by atoms with E-state index in [2.05, 4.69) is 72.6 Å². The normalized spacial score (nSPS) is 16.4. The number of carbonyl (C=O) groups is 2. The molecule has 0 saturated carbocycles. The second-order valence-electron chi connectivity index (χ2n) is 16.2. The van der Waals surface area contributed by atoms with E-state index in [4.69, 9.17) is 9.40 Å². The third-order valence-corrected chi connectivity index (χ3v) is 11.6. The van der Waals surface area contributed by atoms with E-state index in [-0.39, 0.29) is 23.9 Å². The second-order valence-corrected chi connectivity index (χ2v) is 16.2. The predicted octanol–water partition coefficient (Wildman–Crippen LogP) is 6.18. The summed E-state index contributed by atoms with van der Waals surface area (Å²) < 4.78 is 8.99. The van der Waals surface area contributed by atoms with E-state index >= 15 is 0 Å². The van der Waals surface area contributed by atoms with Crippen LogP contribution < -0.4 is 26.4 Å². The van der Waals surface area contributed by atoms with Crippen LogP contribution in [0, 0.1) is 0 Å². The maximum absolute atomic E-state index is 13.4. The lowest BCUT2D eigenvalue weighted by Crippen LogP contribution is -2.46. The summed E-state index contributed by atoms with van der Waals surface area (Å²) in [5.74, 6) is -0.111. The number of amides is 2. The molecule has 0 aliphatic carbocycles. The number of carbonyl (C=O) groups excluding carboxylic acids is 2. The van der Waals surface area contributed by atoms with Gasteiger partial charge >= 0.3 is 0 Å². The van der Waals surface area contributed by atoms with Crippen molar-refractivity contribution in [2.75, 3.05) is 54.8 Å². The van der Waals surface area contributed by atoms with Crippen molar-refractivity contribution in [3.8, 4) is 5.82 Å². The Hall–Kier alpha value is -6.84. The molecule has 2 fully saturated rings. The molecule has 15 nitrogen and oxygen atoms in total. The Labute approximate surface area is 351 Å². The molecular formula is C46H48N10O5. The van der Waals surface area contributed by atoms with Gasteiger partial charge in [0.1, 0.15) is 16.6 Å². The van der Waals surface area contributed by atoms with Crippen molar-refractivity contribution in [1.29, 1.82) is 0 Å². The van der Waals surface area contributed by atoms with Crippen LogP contribution in [0.25, 0.3) is 38.6 Å². The van der Waals surface area contributed by atoms with Gasteiger partial charge in [0.15, 0.2) is 11.5 Å². The van der Waals surface area contributed by atoms with Gasteiger partial charge in [-0.15, -0.1) is 6.58 Å². The Morgan fingerprint density at radius 2 is 1.77 bits per heavy atom. The zero-order valence-corrected chi connectivity index (χ0v) is 34.2. The van der Waals surface area contributed by atoms with E-state index in [0.29, 0.717) is 41.3 Å². The van der Waals surface area contributed by atoms with E-state index in [1.54, 1.807) is 49.1 Å². The zero-order valence-electron chi connectivity index (χ0n) is 34.2. The summed E-state index contributed by atoms with van der Waals surface area (Å²) in [6, 6.07) is 23.8. The Bertz CT molecular complexity index is 2850. The Morgan fingerprint density at radius 1 is 0.967 bits per heavy atom. The van der Waals surface area contributed by atoms with Crippen LogP contribution in [0.15, 0.2) is 107 Å². The Kier molecular flexibility index (Phi) is 10.6. The lowest BCUT2D eigenvalue weighted by atomic mass is 9.89. The zero-order chi connectivity index (χ0) is 42.3. The van der Waals surface area contributed by atoms with Gasteiger partial charge in [-0.05, 0) is 98.6 Å². The minimum atomic E-state index is -1.17. The number of furan rings is 1. The maximum atomic E-state index is 13.4. The molecule has 1 unspecified atom stereocenters. The number of hydrogen-bond acceptors (Lipinski definition) is 12. The minimum absolute atomic E-state index is 0.226. The van der Waals surface area contributed by atoms with Crippen molar-refractivity contribution in [2.45, 2.75) is 51.2 Å². The van der Waals surface area contributed by atoms with Gasteiger partial charge in [0, 0.05) is 73.4 Å². The number of hydrogen-bond donors (Lipinski definition) is 4. The minimum Gasteiger partial charge on any atom is -0.464 e. The summed E-state index contributed by atoms with van der Waals surface area (Å²) in [7, 11) is 0. The molecule has 1 atom stereocenters. The fourth-order valence-electron chi connectivity index (χ4n) is 8.39. The molecule has 312 valence electrons. The molecule has 15 heteroatoms. The fourth-order valence-corrected chi connectivity index (χ4v) is 8.39. The van der Waals surface area contributed by atoms with Crippen molar-refractivity contribution in [1.82, 2.24) is 34.5 Å². The first-order valence-electron chi connectivity index (χ1n) is 20.7. The van der Waals surface area contributed by atoms with Crippen molar-refractivity contribution < 1.29 is 19.1 Å². The van der Waals surface area contributed by atoms with E-state index in [9.17, 15) is 19.5 Å². The number of rotatable bonds is 13. The third-order valence-electron chi connectivity index (χ3n) is 11.6. The topological polar surface area (TPSA) is 176 Å². The van der Waals surface area contributed by atoms with Gasteiger partial charge in [-0.3, -0.25) is 24.6 Å². The van der Waals surface area contributed by atoms with Crippen LogP contribution in [0.1, 0.15) is 50.3 Å². The molecule has 61 heavy (non-hydrogen) atoms. The SMILES string of the molecule is C=CCn1c(=O)c2cnc(Nc3ccc(N4CCN(CCCNc5ccc6c(ccc7occ(C8CCC(=O)NC8=O)c76)c5)CC4)cc3)nc2n1-c1cccc(C(C)(C)O)n1. The molecule has 4 N–H and O–H groups in total. The summed E-state index contributed by atoms with van der Waals surface area (Å²) in [6.45, 7) is 13.0. The standard InChI is InChI=1S/C46H48N10O5/c1-4-20-55-44(59)35-27-48-45(52-42(35)56(55)39-8-5-7-38(50-39)46(2,3)60)49-30-10-13-32(14-11-30)54-24-22-53(23-25-54)21-6-19-47-31-12-15-33-29(26-31)9-17-37-41(33)36(28-61-37)34-16-18-40(57)51-43(34)58/h4-5,7-15,17,26-28,34,47,60H,1,6,16,18-25H2,2-3H3,(H,48,49,52)(H,51,57,58). The predicted molar refractivity (Wildman–Crippen MR) is 237 cm³/mol. The van der Waals surface area contributed by atoms with Gasteiger partial charge in [-0.25, -0.2) is 19.3 Å². The van der Waals surface area contributed by atoms with Crippen molar-refractivity contribution in [3.63, 3.8) is 0 Å². The highest BCUT2D eigenvalue weighted by atomic mass is 16.3. The Morgan fingerprint density at radius 3 is 2.54 bits per heavy atom. The average Bonchev–Trinajstić information content (AvgIpc) is 3.81. The summed E-state index contributed by atoms with van der Waals surface area (Å²) in [6.07, 6.45) is 6.64. The highest BCUT2D eigenvalue weighted by Crippen LogP contribution is 2.37. The number of nitrogens with zero attached hydrogens (tertiary/aromatic N) is 7. The van der Waals surface area contributed by atoms with Crippen LogP contribution in [0.2, 0.25) is 0 Å². The first-order chi connectivity index (χ1) is 29.5. The molecule has 2 aliphatic rings. The van der Waals surface area contributed by atoms with Crippen LogP contribution in [-0.4, -0.2) is 85.4 Å². The summed E-state index contributed by atoms with van der Waals surface area (Å²) in [5, 5.41) is 23.3. The molecule has 0 radical (unpaired) electrons. The number of nitrogens with one attached hydrogen (secondary N) is 3. The second kappa shape index (κ2) is 16.3. The molecule has 2 amide bonds. The van der Waals surface area contributed by atoms with Gasteiger partial charge in [-0.2, -0.15) is 4.98 Å². The van der Waals surface area contributed by atoms with Crippen LogP contribution in [0.4, 0.5) is 23.0 Å². The highest BCUT2D eigenvalue weighted by Gasteiger charge is 2.31. The first kappa shape index (κ1) is 39.6. The molecule has 7 aromatic rings. The lowest BCUT2D eigenvalue weighted by Gasteiger charge is -2.36. The largest absolute Gasteiger partial charge is 0.464 e. The van der Waals surface area contributed by atoms with Gasteiger partial charge in [0.25, 0.3) is 5.56 Å². The molecule has 4 aromatic heterocycles. The molecule has 6 heterocycles. The number of benzene rings is 3. The number of imide groups is 1. The smallest absolute Gasteiger partial charge is 0.278 e. The van der Waals surface area contributed by atoms with Gasteiger partial charge in [-0.1, -0.05) is 24.3 Å². The quantitative estimate of drug-likeness (QED) is 0.0592. The summed E-state index contributed by atoms with van der Waals surface area (Å²) in [4.78, 5) is 56.6. The maximum Gasteiger partial charge on any atom is 0.278 e. The molecular weight excluding hydrogens is 773 g/mol. The molecule has 9 rings (SSSR count). The Balaban J connectivity index is 0.787. The molecule has 3 aromatic carbocycles. The third kappa shape index (κ3) is 7.97. The van der Waals surface area contributed by atoms with E-state index < -0.39 is 11.5 Å². The molecule has 0 spiro atoms. The van der Waals surface area contributed by atoms with E-state index in [1.807, 2.05) is 24.3 Å². The number of anilines is 4. The summed E-state index contributed by atoms with van der Waals surface area (Å²) >= 11 is 0. The monoisotopic (exact) mass is 820 g/mol. The lowest BCUT2D eigenvalue weighted by molar-refractivity contribution is -0.134. The van der Waals surface area contributed by atoms with E-state index in [1.165, 1.54) is 10.9 Å². The van der Waals surface area contributed by atoms with Crippen molar-refractivity contribution >= 4 is 67.6 Å². The number of allylic oxidation sites excluding steroid dienone is 1. The van der Waals surface area contributed by atoms with Crippen LogP contribution in [-0.2, 0) is 21.7 Å². The van der Waals surface area contributed by atoms with Crippen LogP contribution in [0.3, 0.4) is 0 Å². The van der Waals surface area contributed by atoms with Crippen molar-refractivity contribution in [3.05, 3.63) is 120 Å². The summed E-state index contributed by atoms with van der Waals surface area (Å²) in [5.41, 5.74) is 3.99. The van der Waals surface area contributed by atoms with E-state index in [0.717, 1.165) is 90.1 Å². The molecule has 0 bridgehead atoms. The number of fused-ring (bicyclic) bond motifs is 4. The number of aliphatic hydroxyl groups is 1. The van der Waals surface area contributed by atoms with Gasteiger partial charge < -0.3 is 25.1 Å². The average molecular weight is 821 g/mol. The molecule has 2 aliphatic heterocycles. The number of piperidine rings is 1. The number of aromatic nitrogens is 5. The highest BCUT2D eigenvalue weighted by molar-refractivity contribution is 6.11. The number of piperazine rings is 1. The fraction of sp³-hybridized carbons (Fsp3) is 0.304. The number of pyridine rings is 1.